The molecule has 0 radical (unpaired) electrons. The Morgan fingerprint density at radius 3 is 2.20 bits per heavy atom. The molecule has 3 heteroatoms. The van der Waals surface area contributed by atoms with Crippen molar-refractivity contribution in [2.75, 3.05) is 0 Å². The minimum atomic E-state index is 0.157. The van der Waals surface area contributed by atoms with Gasteiger partial charge in [-0.2, -0.15) is 4.79 Å². The zero-order valence-corrected chi connectivity index (χ0v) is 3.53. The summed E-state index contributed by atoms with van der Waals surface area (Å²) in [5.74, 6) is 0. The highest BCUT2D eigenvalue weighted by Gasteiger charge is 1.79. The van der Waals surface area contributed by atoms with Crippen LogP contribution < -0.4 is 0 Å². The molecule has 0 heterocycles. The van der Waals surface area contributed by atoms with Gasteiger partial charge >= 0.3 is 5.17 Å². The van der Waals surface area contributed by atoms with Crippen LogP contribution in [0.25, 0.3) is 5.53 Å². The predicted octanol–water partition coefficient (Wildman–Crippen LogP) is 0.873. The first kappa shape index (κ1) is 4.67. The second kappa shape index (κ2) is 1.94. The molecule has 0 aromatic rings. The van der Waals surface area contributed by atoms with Crippen LogP contribution in [0.2, 0.25) is 0 Å². The molecule has 0 bridgehead atoms. The van der Waals surface area contributed by atoms with E-state index in [1.54, 1.807) is 0 Å². The number of hydrogen-bond acceptors (Lipinski definition) is 0. The Labute approximate surface area is 35.0 Å². The molecule has 28 valence electrons. The van der Waals surface area contributed by atoms with E-state index < -0.39 is 0 Å². The first-order chi connectivity index (χ1) is 2.27. The molecule has 0 N–H and O–H groups in total. The SMILES string of the molecule is CC(Cl)=[N+]=[N-]. The number of hydrogen-bond donors (Lipinski definition) is 0. The molecule has 2 nitrogen and oxygen atoms in total. The van der Waals surface area contributed by atoms with E-state index in [1.165, 1.54) is 6.92 Å². The van der Waals surface area contributed by atoms with Gasteiger partial charge in [0.1, 0.15) is 0 Å². The zero-order valence-electron chi connectivity index (χ0n) is 2.77. The summed E-state index contributed by atoms with van der Waals surface area (Å²) in [6, 6.07) is 0. The summed E-state index contributed by atoms with van der Waals surface area (Å²) in [7, 11) is 0. The van der Waals surface area contributed by atoms with Crippen molar-refractivity contribution in [2.45, 2.75) is 6.92 Å². The van der Waals surface area contributed by atoms with Crippen LogP contribution in [0.4, 0.5) is 0 Å². The van der Waals surface area contributed by atoms with Crippen molar-refractivity contribution in [3.63, 3.8) is 0 Å². The van der Waals surface area contributed by atoms with Crippen molar-refractivity contribution in [2.24, 2.45) is 0 Å². The maximum atomic E-state index is 7.60. The van der Waals surface area contributed by atoms with Gasteiger partial charge in [0.25, 0.3) is 0 Å². The topological polar surface area (TPSA) is 36.4 Å². The van der Waals surface area contributed by atoms with Gasteiger partial charge in [-0.25, -0.2) is 0 Å². The summed E-state index contributed by atoms with van der Waals surface area (Å²) in [4.78, 5) is 2.57. The van der Waals surface area contributed by atoms with Crippen molar-refractivity contribution in [1.29, 1.82) is 0 Å². The zero-order chi connectivity index (χ0) is 4.28. The summed E-state index contributed by atoms with van der Waals surface area (Å²) < 4.78 is 0. The molecule has 0 aliphatic rings. The lowest BCUT2D eigenvalue weighted by molar-refractivity contribution is -0.000873. The van der Waals surface area contributed by atoms with E-state index in [-0.39, 0.29) is 5.17 Å². The van der Waals surface area contributed by atoms with E-state index >= 15 is 0 Å². The van der Waals surface area contributed by atoms with Gasteiger partial charge in [-0.05, 0) is 0 Å². The maximum Gasteiger partial charge on any atom is 0.356 e. The van der Waals surface area contributed by atoms with Gasteiger partial charge in [0, 0.05) is 11.6 Å². The standard InChI is InChI=1S/C2H3ClN2/c1-2(3)5-4/h1H3. The van der Waals surface area contributed by atoms with Crippen LogP contribution in [0.1, 0.15) is 6.92 Å². The van der Waals surface area contributed by atoms with Gasteiger partial charge in [-0.15, -0.1) is 0 Å². The minimum absolute atomic E-state index is 0.157. The highest BCUT2D eigenvalue weighted by molar-refractivity contribution is 6.63. The Balaban J connectivity index is 3.60. The van der Waals surface area contributed by atoms with Crippen LogP contribution in [-0.4, -0.2) is 9.96 Å². The Morgan fingerprint density at radius 1 is 2.00 bits per heavy atom. The summed E-state index contributed by atoms with van der Waals surface area (Å²) >= 11 is 4.96. The molecule has 0 saturated carbocycles. The van der Waals surface area contributed by atoms with Gasteiger partial charge in [0.05, 0.1) is 6.92 Å². The lowest BCUT2D eigenvalue weighted by Crippen LogP contribution is -1.69. The summed E-state index contributed by atoms with van der Waals surface area (Å²) in [5, 5.41) is 0.157. The van der Waals surface area contributed by atoms with E-state index in [9.17, 15) is 0 Å². The number of rotatable bonds is 0. The van der Waals surface area contributed by atoms with E-state index in [1.807, 2.05) is 0 Å². The smallest absolute Gasteiger partial charge is 0.356 e. The van der Waals surface area contributed by atoms with Crippen molar-refractivity contribution in [3.05, 3.63) is 5.53 Å². The second-order valence-electron chi connectivity index (χ2n) is 0.597. The molecule has 0 fully saturated rings. The fourth-order valence-electron chi connectivity index (χ4n) is 0. The largest absolute Gasteiger partial charge is 0.360 e. The fourth-order valence-corrected chi connectivity index (χ4v) is 0. The number of nitrogens with zero attached hydrogens (tertiary/aromatic N) is 2. The molecular formula is C2H3ClN2. The molecule has 0 aliphatic carbocycles. The predicted molar refractivity (Wildman–Crippen MR) is 20.2 cm³/mol. The third-order valence-corrected chi connectivity index (χ3v) is 0.213. The fraction of sp³-hybridized carbons (Fsp3) is 0.500. The molecule has 0 amide bonds. The highest BCUT2D eigenvalue weighted by atomic mass is 35.5. The second-order valence-corrected chi connectivity index (χ2v) is 1.14. The Hall–Kier alpha value is -0.330. The van der Waals surface area contributed by atoms with E-state index in [4.69, 9.17) is 17.1 Å². The van der Waals surface area contributed by atoms with E-state index in [0.29, 0.717) is 0 Å². The van der Waals surface area contributed by atoms with Crippen molar-refractivity contribution >= 4 is 16.8 Å². The minimum Gasteiger partial charge on any atom is -0.360 e. The molecule has 0 spiro atoms. The molecule has 0 aromatic carbocycles. The molecule has 0 aliphatic heterocycles. The van der Waals surface area contributed by atoms with Crippen molar-refractivity contribution < 1.29 is 4.79 Å². The van der Waals surface area contributed by atoms with Crippen LogP contribution in [0.5, 0.6) is 0 Å². The van der Waals surface area contributed by atoms with Gasteiger partial charge < -0.3 is 5.53 Å². The van der Waals surface area contributed by atoms with Crippen LogP contribution in [-0.2, 0) is 0 Å². The third kappa shape index (κ3) is 3.67. The van der Waals surface area contributed by atoms with Crippen molar-refractivity contribution in [1.82, 2.24) is 0 Å². The van der Waals surface area contributed by atoms with Crippen LogP contribution in [0.15, 0.2) is 0 Å². The summed E-state index contributed by atoms with van der Waals surface area (Å²) in [6.45, 7) is 1.49. The van der Waals surface area contributed by atoms with Gasteiger partial charge in [0.15, 0.2) is 0 Å². The molecule has 5 heavy (non-hydrogen) atoms. The van der Waals surface area contributed by atoms with E-state index in [2.05, 4.69) is 4.79 Å². The average molecular weight is 90.5 g/mol. The Bertz CT molecular complexity index is 67.7. The highest BCUT2D eigenvalue weighted by Crippen LogP contribution is 1.68. The van der Waals surface area contributed by atoms with Crippen LogP contribution in [0, 0.1) is 0 Å². The third-order valence-electron chi connectivity index (χ3n) is 0.138. The molecule has 0 rings (SSSR count). The molecule has 0 unspecified atom stereocenters. The van der Waals surface area contributed by atoms with Crippen LogP contribution in [0.3, 0.4) is 0 Å². The Kier molecular flexibility index (Phi) is 1.81. The molecular weight excluding hydrogens is 87.5 g/mol. The monoisotopic (exact) mass is 90.0 g/mol. The van der Waals surface area contributed by atoms with E-state index in [0.717, 1.165) is 0 Å². The lowest BCUT2D eigenvalue weighted by Gasteiger charge is -1.50. The van der Waals surface area contributed by atoms with Crippen molar-refractivity contribution in [3.8, 4) is 0 Å². The quantitative estimate of drug-likeness (QED) is 0.241. The average Bonchev–Trinajstić information content (AvgIpc) is 1.38. The summed E-state index contributed by atoms with van der Waals surface area (Å²) in [5.41, 5.74) is 7.60. The molecule has 0 aromatic heterocycles. The molecule has 0 atom stereocenters. The van der Waals surface area contributed by atoms with Gasteiger partial charge in [-0.3, -0.25) is 0 Å². The van der Waals surface area contributed by atoms with Gasteiger partial charge in [0.2, 0.25) is 0 Å². The number of halogens is 1. The van der Waals surface area contributed by atoms with Gasteiger partial charge in [-0.1, -0.05) is 0 Å². The summed E-state index contributed by atoms with van der Waals surface area (Å²) in [6.07, 6.45) is 0. The van der Waals surface area contributed by atoms with Crippen LogP contribution >= 0.6 is 11.6 Å². The Morgan fingerprint density at radius 2 is 2.20 bits per heavy atom. The molecule has 0 saturated heterocycles. The first-order valence-electron chi connectivity index (χ1n) is 1.11. The lowest BCUT2D eigenvalue weighted by atomic mass is 10.9. The normalized spacial score (nSPS) is 6.00. The first-order valence-corrected chi connectivity index (χ1v) is 1.49. The maximum absolute atomic E-state index is 7.60.